The number of morpholine rings is 1. The largest absolute Gasteiger partial charge is 0.382 e. The van der Waals surface area contributed by atoms with Gasteiger partial charge >= 0.3 is 0 Å². The number of ether oxygens (including phenoxy) is 1. The fourth-order valence-electron chi connectivity index (χ4n) is 8.00. The summed E-state index contributed by atoms with van der Waals surface area (Å²) >= 11 is 0. The molecule has 1 heterocycles. The maximum atomic E-state index is 15.3. The van der Waals surface area contributed by atoms with Crippen LogP contribution in [0.5, 0.6) is 0 Å². The molecule has 19 heteroatoms. The number of halogens is 1. The van der Waals surface area contributed by atoms with E-state index in [1.54, 1.807) is 44.2 Å². The zero-order valence-corrected chi connectivity index (χ0v) is 40.6. The molecule has 5 atom stereocenters. The highest BCUT2D eigenvalue weighted by Crippen LogP contribution is 2.29. The van der Waals surface area contributed by atoms with Crippen LogP contribution in [-0.2, 0) is 58.1 Å². The third-order valence-corrected chi connectivity index (χ3v) is 12.3. The molecule has 69 heavy (non-hydrogen) atoms. The molecule has 1 unspecified atom stereocenters. The van der Waals surface area contributed by atoms with E-state index in [0.29, 0.717) is 50.4 Å². The molecule has 7 N–H and O–H groups in total. The molecule has 0 bridgehead atoms. The second-order valence-electron chi connectivity index (χ2n) is 18.2. The van der Waals surface area contributed by atoms with E-state index in [-0.39, 0.29) is 56.5 Å². The molecule has 17 nitrogen and oxygen atoms in total. The lowest BCUT2D eigenvalue weighted by atomic mass is 9.84. The summed E-state index contributed by atoms with van der Waals surface area (Å²) in [7, 11) is -5.16. The Morgan fingerprint density at radius 3 is 1.90 bits per heavy atom. The summed E-state index contributed by atoms with van der Waals surface area (Å²) < 4.78 is 55.8. The molecule has 0 saturated carbocycles. The minimum atomic E-state index is -5.16. The lowest BCUT2D eigenvalue weighted by Gasteiger charge is -2.31. The van der Waals surface area contributed by atoms with Gasteiger partial charge in [0, 0.05) is 25.9 Å². The van der Waals surface area contributed by atoms with E-state index in [0.717, 1.165) is 12.5 Å². The second kappa shape index (κ2) is 26.1. The van der Waals surface area contributed by atoms with Gasteiger partial charge in [0.25, 0.3) is 16.0 Å². The maximum absolute atomic E-state index is 15.3. The molecule has 1 saturated heterocycles. The van der Waals surface area contributed by atoms with Crippen molar-refractivity contribution in [2.24, 2.45) is 11.8 Å². The van der Waals surface area contributed by atoms with Crippen LogP contribution in [0.1, 0.15) is 80.9 Å². The standard InChI is InChI=1S/C50H65FN6O11S/c1-7-22-52-49(63)44-36(42(69(65,66)67)21-19-37(44)51)30-50(6,64)45(59)39(27-32(2)3)54-48(62)41(29-35-16-12-9-13-17-35)56-47(61)40(28-33(4)5)55-46(60)38(20-18-34-14-10-8-11-15-34)53-43(58)31-57-23-25-68-26-24-57/h1,8-17,19,21,32-33,38-41,64H,18,20,22-31H2,2-6H3,(H,52,63)(H,53,58)(H,54,62)(H,55,60)(H,56,61)(H,65,66,67)/t38-,39-,40-,41-,50?/m0/s1. The molecule has 0 aliphatic carbocycles. The molecule has 1 aliphatic rings. The number of benzene rings is 3. The number of aryl methyl sites for hydroxylation is 1. The first-order valence-electron chi connectivity index (χ1n) is 22.9. The highest BCUT2D eigenvalue weighted by atomic mass is 32.2. The van der Waals surface area contributed by atoms with Crippen molar-refractivity contribution in [3.05, 3.63) is 101 Å². The molecule has 3 aromatic rings. The number of Topliss-reactive ketones (excluding diaryl/α,β-unsaturated/α-hetero) is 1. The molecule has 3 aromatic carbocycles. The highest BCUT2D eigenvalue weighted by molar-refractivity contribution is 7.85. The van der Waals surface area contributed by atoms with Crippen LogP contribution in [0.25, 0.3) is 0 Å². The molecular weight excluding hydrogens is 912 g/mol. The molecule has 1 aliphatic heterocycles. The van der Waals surface area contributed by atoms with Crippen LogP contribution in [-0.4, -0.2) is 127 Å². The van der Waals surface area contributed by atoms with E-state index in [1.165, 1.54) is 0 Å². The van der Waals surface area contributed by atoms with Crippen LogP contribution in [0.2, 0.25) is 0 Å². The monoisotopic (exact) mass is 976 g/mol. The first-order chi connectivity index (χ1) is 32.6. The summed E-state index contributed by atoms with van der Waals surface area (Å²) in [5.74, 6) is -4.35. The quantitative estimate of drug-likeness (QED) is 0.0478. The smallest absolute Gasteiger partial charge is 0.294 e. The number of nitrogens with zero attached hydrogens (tertiary/aromatic N) is 1. The van der Waals surface area contributed by atoms with Gasteiger partial charge in [-0.2, -0.15) is 8.42 Å². The Morgan fingerprint density at radius 1 is 0.783 bits per heavy atom. The Hall–Kier alpha value is -6.04. The van der Waals surface area contributed by atoms with Crippen molar-refractivity contribution in [2.75, 3.05) is 39.4 Å². The molecule has 0 radical (unpaired) electrons. The first-order valence-corrected chi connectivity index (χ1v) is 24.4. The number of ketones is 1. The fraction of sp³-hybridized carbons (Fsp3) is 0.480. The van der Waals surface area contributed by atoms with Crippen molar-refractivity contribution in [1.82, 2.24) is 31.5 Å². The lowest BCUT2D eigenvalue weighted by molar-refractivity contribution is -0.141. The number of rotatable bonds is 25. The van der Waals surface area contributed by atoms with Crippen LogP contribution in [0.4, 0.5) is 4.39 Å². The number of aliphatic hydroxyl groups is 1. The zero-order chi connectivity index (χ0) is 50.9. The van der Waals surface area contributed by atoms with Crippen LogP contribution < -0.4 is 26.6 Å². The molecule has 4 rings (SSSR count). The summed E-state index contributed by atoms with van der Waals surface area (Å²) in [6, 6.07) is 14.3. The third kappa shape index (κ3) is 17.5. The molecular formula is C50H65FN6O11S. The number of nitrogens with one attached hydrogen (secondary N) is 5. The molecule has 0 aromatic heterocycles. The average molecular weight is 977 g/mol. The normalized spacial score (nSPS) is 15.7. The van der Waals surface area contributed by atoms with Crippen molar-refractivity contribution in [3.8, 4) is 12.3 Å². The maximum Gasteiger partial charge on any atom is 0.294 e. The molecule has 374 valence electrons. The van der Waals surface area contributed by atoms with Crippen molar-refractivity contribution in [2.45, 2.75) is 108 Å². The Balaban J connectivity index is 1.63. The van der Waals surface area contributed by atoms with E-state index < -0.39 is 97.6 Å². The average Bonchev–Trinajstić information content (AvgIpc) is 3.28. The van der Waals surface area contributed by atoms with E-state index in [9.17, 15) is 46.8 Å². The van der Waals surface area contributed by atoms with Crippen molar-refractivity contribution >= 4 is 45.4 Å². The summed E-state index contributed by atoms with van der Waals surface area (Å²) in [6.07, 6.45) is 4.84. The highest BCUT2D eigenvalue weighted by Gasteiger charge is 2.41. The Kier molecular flexibility index (Phi) is 21.0. The molecule has 1 fully saturated rings. The predicted octanol–water partition coefficient (Wildman–Crippen LogP) is 2.54. The number of amides is 5. The Labute approximate surface area is 403 Å². The minimum Gasteiger partial charge on any atom is -0.382 e. The van der Waals surface area contributed by atoms with Gasteiger partial charge < -0.3 is 36.4 Å². The topological polar surface area (TPSA) is 250 Å². The molecule has 0 spiro atoms. The lowest BCUT2D eigenvalue weighted by Crippen LogP contribution is -2.60. The van der Waals surface area contributed by atoms with Crippen LogP contribution in [0, 0.1) is 30.0 Å². The van der Waals surface area contributed by atoms with Gasteiger partial charge in [-0.05, 0) is 73.3 Å². The van der Waals surface area contributed by atoms with Crippen molar-refractivity contribution < 1.29 is 56.0 Å². The van der Waals surface area contributed by atoms with Crippen LogP contribution in [0.3, 0.4) is 0 Å². The summed E-state index contributed by atoms with van der Waals surface area (Å²) in [5.41, 5.74) is -2.66. The Morgan fingerprint density at radius 2 is 1.32 bits per heavy atom. The van der Waals surface area contributed by atoms with Gasteiger partial charge in [0.2, 0.25) is 23.6 Å². The predicted molar refractivity (Wildman–Crippen MR) is 256 cm³/mol. The Bertz CT molecular complexity index is 2410. The van der Waals surface area contributed by atoms with E-state index in [2.05, 4.69) is 32.5 Å². The van der Waals surface area contributed by atoms with Crippen molar-refractivity contribution in [3.63, 3.8) is 0 Å². The van der Waals surface area contributed by atoms with E-state index in [1.807, 2.05) is 49.1 Å². The third-order valence-electron chi connectivity index (χ3n) is 11.4. The van der Waals surface area contributed by atoms with Crippen molar-refractivity contribution in [1.29, 1.82) is 0 Å². The van der Waals surface area contributed by atoms with Gasteiger partial charge in [0.05, 0.1) is 42.8 Å². The molecule has 5 amide bonds. The minimum absolute atomic E-state index is 0.0438. The van der Waals surface area contributed by atoms with E-state index >= 15 is 4.39 Å². The fourth-order valence-corrected chi connectivity index (χ4v) is 8.72. The summed E-state index contributed by atoms with van der Waals surface area (Å²) in [5, 5.41) is 25.2. The number of carbonyl (C=O) groups excluding carboxylic acids is 6. The number of carbonyl (C=O) groups is 6. The number of hydrogen-bond acceptors (Lipinski definition) is 11. The summed E-state index contributed by atoms with van der Waals surface area (Å²) in [4.78, 5) is 84.8. The van der Waals surface area contributed by atoms with Gasteiger partial charge in [-0.1, -0.05) is 94.3 Å². The van der Waals surface area contributed by atoms with Gasteiger partial charge in [0.15, 0.2) is 5.78 Å². The SMILES string of the molecule is C#CCNC(=O)c1c(F)ccc(S(=O)(=O)O)c1CC(C)(O)C(=O)[C@H](CC(C)C)NC(=O)[C@H](Cc1ccccc1)NC(=O)[C@H](CC(C)C)NC(=O)[C@H](CCc1ccccc1)NC(=O)CN1CCOCC1. The van der Waals surface area contributed by atoms with Gasteiger partial charge in [-0.3, -0.25) is 38.2 Å². The van der Waals surface area contributed by atoms with Gasteiger partial charge in [-0.15, -0.1) is 6.42 Å². The summed E-state index contributed by atoms with van der Waals surface area (Å²) in [6.45, 7) is 9.87. The van der Waals surface area contributed by atoms with Crippen LogP contribution >= 0.6 is 0 Å². The number of hydrogen-bond donors (Lipinski definition) is 7. The second-order valence-corrected chi connectivity index (χ2v) is 19.6. The van der Waals surface area contributed by atoms with Gasteiger partial charge in [0.1, 0.15) is 29.5 Å². The first kappa shape index (κ1) is 55.6. The van der Waals surface area contributed by atoms with E-state index in [4.69, 9.17) is 11.2 Å². The number of terminal acetylenes is 1. The van der Waals surface area contributed by atoms with Crippen LogP contribution in [0.15, 0.2) is 77.7 Å². The zero-order valence-electron chi connectivity index (χ0n) is 39.8. The van der Waals surface area contributed by atoms with Gasteiger partial charge in [-0.25, -0.2) is 4.39 Å².